The molecular formula is C25H36N4O4. The van der Waals surface area contributed by atoms with Crippen molar-refractivity contribution in [1.29, 1.82) is 0 Å². The number of amides is 3. The first-order chi connectivity index (χ1) is 15.6. The second kappa shape index (κ2) is 9.33. The Morgan fingerprint density at radius 3 is 2.42 bits per heavy atom. The Labute approximate surface area is 196 Å². The minimum atomic E-state index is -0.526. The lowest BCUT2D eigenvalue weighted by molar-refractivity contribution is -0.120. The number of benzene rings is 1. The number of nitrogens with zero attached hydrogens (tertiary/aromatic N) is 4. The van der Waals surface area contributed by atoms with Crippen LogP contribution in [0.5, 0.6) is 0 Å². The Kier molecular flexibility index (Phi) is 6.66. The standard InChI is InChI=1S/C25H36N4O4/c1-18-16-26(13-14-28(18)24(32)33-25(2,3)4)17-22(30)29-12-9-19-7-8-20(15-21(19)29)23(31)27-10-5-6-11-27/h7-8,15,18H,5-6,9-14,16-17H2,1-4H3/t18-/m1/s1. The summed E-state index contributed by atoms with van der Waals surface area (Å²) in [5, 5.41) is 0. The summed E-state index contributed by atoms with van der Waals surface area (Å²) in [6.07, 6.45) is 2.62. The summed E-state index contributed by atoms with van der Waals surface area (Å²) >= 11 is 0. The maximum Gasteiger partial charge on any atom is 0.410 e. The van der Waals surface area contributed by atoms with E-state index in [0.717, 1.165) is 43.6 Å². The smallest absolute Gasteiger partial charge is 0.410 e. The summed E-state index contributed by atoms with van der Waals surface area (Å²) in [6.45, 7) is 11.9. The summed E-state index contributed by atoms with van der Waals surface area (Å²) < 4.78 is 5.51. The van der Waals surface area contributed by atoms with Crippen molar-refractivity contribution in [2.75, 3.05) is 50.7 Å². The van der Waals surface area contributed by atoms with E-state index in [2.05, 4.69) is 4.90 Å². The molecule has 0 aliphatic carbocycles. The highest BCUT2D eigenvalue weighted by atomic mass is 16.6. The van der Waals surface area contributed by atoms with Crippen LogP contribution in [0.25, 0.3) is 0 Å². The predicted octanol–water partition coefficient (Wildman–Crippen LogP) is 2.75. The zero-order valence-corrected chi connectivity index (χ0v) is 20.3. The van der Waals surface area contributed by atoms with Crippen LogP contribution in [0, 0.1) is 0 Å². The number of fused-ring (bicyclic) bond motifs is 1. The summed E-state index contributed by atoms with van der Waals surface area (Å²) in [5.41, 5.74) is 2.12. The molecule has 0 bridgehead atoms. The van der Waals surface area contributed by atoms with Gasteiger partial charge in [-0.2, -0.15) is 0 Å². The molecule has 0 radical (unpaired) electrons. The molecule has 0 spiro atoms. The van der Waals surface area contributed by atoms with Gasteiger partial charge in [0.2, 0.25) is 5.91 Å². The molecule has 3 amide bonds. The van der Waals surface area contributed by atoms with E-state index in [4.69, 9.17) is 4.74 Å². The lowest BCUT2D eigenvalue weighted by atomic mass is 10.1. The Hall–Kier alpha value is -2.61. The van der Waals surface area contributed by atoms with Crippen molar-refractivity contribution in [2.24, 2.45) is 0 Å². The molecule has 3 heterocycles. The fraction of sp³-hybridized carbons (Fsp3) is 0.640. The van der Waals surface area contributed by atoms with E-state index in [9.17, 15) is 14.4 Å². The molecule has 2 fully saturated rings. The van der Waals surface area contributed by atoms with Gasteiger partial charge in [-0.25, -0.2) is 4.79 Å². The van der Waals surface area contributed by atoms with Gasteiger partial charge < -0.3 is 19.4 Å². The van der Waals surface area contributed by atoms with Gasteiger partial charge in [0, 0.05) is 56.6 Å². The minimum Gasteiger partial charge on any atom is -0.444 e. The van der Waals surface area contributed by atoms with Crippen LogP contribution in [0.15, 0.2) is 18.2 Å². The molecule has 0 N–H and O–H groups in total. The number of ether oxygens (including phenoxy) is 1. The van der Waals surface area contributed by atoms with Crippen LogP contribution in [0.3, 0.4) is 0 Å². The van der Waals surface area contributed by atoms with E-state index in [-0.39, 0.29) is 23.9 Å². The first-order valence-electron chi connectivity index (χ1n) is 12.1. The first kappa shape index (κ1) is 23.5. The molecule has 1 atom stereocenters. The van der Waals surface area contributed by atoms with Crippen LogP contribution in [0.4, 0.5) is 10.5 Å². The highest BCUT2D eigenvalue weighted by Crippen LogP contribution is 2.30. The summed E-state index contributed by atoms with van der Waals surface area (Å²) in [4.78, 5) is 46.1. The van der Waals surface area contributed by atoms with Gasteiger partial charge >= 0.3 is 6.09 Å². The normalized spacial score (nSPS) is 21.3. The summed E-state index contributed by atoms with van der Waals surface area (Å²) in [5.74, 6) is 0.0964. The largest absolute Gasteiger partial charge is 0.444 e. The van der Waals surface area contributed by atoms with Crippen molar-refractivity contribution in [3.05, 3.63) is 29.3 Å². The lowest BCUT2D eigenvalue weighted by Gasteiger charge is -2.40. The van der Waals surface area contributed by atoms with Crippen LogP contribution >= 0.6 is 0 Å². The van der Waals surface area contributed by atoms with Crippen molar-refractivity contribution in [3.8, 4) is 0 Å². The maximum atomic E-state index is 13.2. The molecule has 0 aromatic heterocycles. The average molecular weight is 457 g/mol. The number of hydrogen-bond donors (Lipinski definition) is 0. The molecule has 0 saturated carbocycles. The van der Waals surface area contributed by atoms with Gasteiger partial charge in [-0.05, 0) is 64.7 Å². The van der Waals surface area contributed by atoms with E-state index in [0.29, 0.717) is 38.3 Å². The van der Waals surface area contributed by atoms with Crippen molar-refractivity contribution in [3.63, 3.8) is 0 Å². The molecule has 180 valence electrons. The van der Waals surface area contributed by atoms with Crippen LogP contribution in [0.1, 0.15) is 56.5 Å². The quantitative estimate of drug-likeness (QED) is 0.699. The summed E-state index contributed by atoms with van der Waals surface area (Å²) in [6, 6.07) is 5.75. The molecule has 8 nitrogen and oxygen atoms in total. The van der Waals surface area contributed by atoms with Gasteiger partial charge in [0.05, 0.1) is 6.54 Å². The van der Waals surface area contributed by atoms with Gasteiger partial charge in [0.25, 0.3) is 5.91 Å². The van der Waals surface area contributed by atoms with Gasteiger partial charge in [-0.3, -0.25) is 14.5 Å². The van der Waals surface area contributed by atoms with Crippen LogP contribution < -0.4 is 4.90 Å². The number of hydrogen-bond acceptors (Lipinski definition) is 5. The molecule has 33 heavy (non-hydrogen) atoms. The third-order valence-corrected chi connectivity index (χ3v) is 6.62. The average Bonchev–Trinajstić information content (AvgIpc) is 3.41. The van der Waals surface area contributed by atoms with Crippen LogP contribution in [-0.2, 0) is 16.0 Å². The number of carbonyl (C=O) groups is 3. The number of carbonyl (C=O) groups excluding carboxylic acids is 3. The maximum absolute atomic E-state index is 13.2. The molecule has 4 rings (SSSR count). The lowest BCUT2D eigenvalue weighted by Crippen LogP contribution is -2.56. The third kappa shape index (κ3) is 5.32. The van der Waals surface area contributed by atoms with Crippen molar-refractivity contribution in [1.82, 2.24) is 14.7 Å². The molecule has 1 aromatic carbocycles. The predicted molar refractivity (Wildman–Crippen MR) is 126 cm³/mol. The van der Waals surface area contributed by atoms with Crippen molar-refractivity contribution in [2.45, 2.75) is 58.6 Å². The van der Waals surface area contributed by atoms with Gasteiger partial charge in [0.15, 0.2) is 0 Å². The Morgan fingerprint density at radius 2 is 1.76 bits per heavy atom. The SMILES string of the molecule is C[C@@H]1CN(CC(=O)N2CCc3ccc(C(=O)N4CCCC4)cc32)CCN1C(=O)OC(C)(C)C. The van der Waals surface area contributed by atoms with E-state index >= 15 is 0 Å². The Bertz CT molecular complexity index is 919. The number of rotatable bonds is 3. The minimum absolute atomic E-state index is 0.0306. The zero-order chi connectivity index (χ0) is 23.8. The van der Waals surface area contributed by atoms with E-state index in [1.807, 2.05) is 55.7 Å². The Balaban J connectivity index is 1.37. The number of likely N-dealkylation sites (tertiary alicyclic amines) is 1. The van der Waals surface area contributed by atoms with Gasteiger partial charge in [-0.1, -0.05) is 6.07 Å². The first-order valence-corrected chi connectivity index (χ1v) is 12.1. The van der Waals surface area contributed by atoms with Crippen LogP contribution in [0.2, 0.25) is 0 Å². The number of piperazine rings is 1. The fourth-order valence-electron chi connectivity index (χ4n) is 4.92. The van der Waals surface area contributed by atoms with E-state index in [1.54, 1.807) is 4.90 Å². The highest BCUT2D eigenvalue weighted by molar-refractivity contribution is 6.00. The van der Waals surface area contributed by atoms with E-state index < -0.39 is 5.60 Å². The molecule has 3 aliphatic heterocycles. The van der Waals surface area contributed by atoms with Crippen LogP contribution in [-0.4, -0.2) is 90.1 Å². The third-order valence-electron chi connectivity index (χ3n) is 6.62. The topological polar surface area (TPSA) is 73.4 Å². The van der Waals surface area contributed by atoms with Crippen molar-refractivity contribution >= 4 is 23.6 Å². The molecule has 8 heteroatoms. The monoisotopic (exact) mass is 456 g/mol. The van der Waals surface area contributed by atoms with Gasteiger partial charge in [0.1, 0.15) is 5.60 Å². The molecule has 0 unspecified atom stereocenters. The second-order valence-corrected chi connectivity index (χ2v) is 10.4. The number of anilines is 1. The van der Waals surface area contributed by atoms with Gasteiger partial charge in [-0.15, -0.1) is 0 Å². The van der Waals surface area contributed by atoms with E-state index in [1.165, 1.54) is 0 Å². The zero-order valence-electron chi connectivity index (χ0n) is 20.3. The summed E-state index contributed by atoms with van der Waals surface area (Å²) in [7, 11) is 0. The fourth-order valence-corrected chi connectivity index (χ4v) is 4.92. The second-order valence-electron chi connectivity index (χ2n) is 10.4. The molecule has 1 aromatic rings. The highest BCUT2D eigenvalue weighted by Gasteiger charge is 2.33. The molecular weight excluding hydrogens is 420 g/mol. The molecule has 3 aliphatic rings. The molecule has 2 saturated heterocycles. The van der Waals surface area contributed by atoms with Crippen molar-refractivity contribution < 1.29 is 19.1 Å². The Morgan fingerprint density at radius 1 is 1.03 bits per heavy atom.